The molecular weight excluding hydrogens is 669 g/mol. The van der Waals surface area contributed by atoms with Crippen LogP contribution in [0.3, 0.4) is 0 Å². The summed E-state index contributed by atoms with van der Waals surface area (Å²) in [6.45, 7) is 2.02. The number of benzene rings is 2. The Morgan fingerprint density at radius 1 is 0.565 bits per heavy atom. The van der Waals surface area contributed by atoms with Gasteiger partial charge >= 0.3 is 0 Å². The summed E-state index contributed by atoms with van der Waals surface area (Å²) in [5, 5.41) is 9.60. The standard InChI is InChI=1S/C30H32N6O6S4/c37-27(21-7-11-23(12-8-21)45(39,40)35-15-3-1-4-16-35)33-29-31-25(19-43-29)26-20-44-30(32-26)34-28(38)22-9-13-24(14-10-22)46(41,42)36-17-5-2-6-18-36/h7-14,19-20H,1-6,15-18H2,(H,31,33,37)(H,32,34,38). The van der Waals surface area contributed by atoms with Crippen molar-refractivity contribution in [3.8, 4) is 11.4 Å². The molecule has 0 bridgehead atoms. The third-order valence-corrected chi connectivity index (χ3v) is 13.2. The molecular formula is C30H32N6O6S4. The molecule has 242 valence electrons. The smallest absolute Gasteiger partial charge is 0.257 e. The van der Waals surface area contributed by atoms with Gasteiger partial charge in [-0.15, -0.1) is 22.7 Å². The first-order valence-corrected chi connectivity index (χ1v) is 19.5. The zero-order chi connectivity index (χ0) is 32.3. The molecule has 4 heterocycles. The summed E-state index contributed by atoms with van der Waals surface area (Å²) in [6.07, 6.45) is 5.42. The van der Waals surface area contributed by atoms with Crippen LogP contribution >= 0.6 is 22.7 Å². The summed E-state index contributed by atoms with van der Waals surface area (Å²) >= 11 is 2.41. The van der Waals surface area contributed by atoms with Crippen molar-refractivity contribution in [2.45, 2.75) is 48.3 Å². The van der Waals surface area contributed by atoms with E-state index >= 15 is 0 Å². The molecule has 0 saturated carbocycles. The average Bonchev–Trinajstić information content (AvgIpc) is 3.75. The average molecular weight is 701 g/mol. The molecule has 2 saturated heterocycles. The lowest BCUT2D eigenvalue weighted by Crippen LogP contribution is -2.35. The van der Waals surface area contributed by atoms with Gasteiger partial charge in [-0.2, -0.15) is 8.61 Å². The number of carbonyl (C=O) groups is 2. The van der Waals surface area contributed by atoms with Crippen molar-refractivity contribution in [1.82, 2.24) is 18.6 Å². The topological polar surface area (TPSA) is 159 Å². The first-order chi connectivity index (χ1) is 22.1. The molecule has 46 heavy (non-hydrogen) atoms. The first-order valence-electron chi connectivity index (χ1n) is 14.9. The van der Waals surface area contributed by atoms with E-state index < -0.39 is 31.9 Å². The molecule has 0 spiro atoms. The van der Waals surface area contributed by atoms with Gasteiger partial charge in [0.25, 0.3) is 11.8 Å². The second kappa shape index (κ2) is 13.7. The number of hydrogen-bond acceptors (Lipinski definition) is 10. The van der Waals surface area contributed by atoms with Crippen molar-refractivity contribution in [3.05, 3.63) is 70.4 Å². The predicted molar refractivity (Wildman–Crippen MR) is 177 cm³/mol. The van der Waals surface area contributed by atoms with Gasteiger partial charge < -0.3 is 0 Å². The Labute approximate surface area is 275 Å². The molecule has 2 aromatic heterocycles. The van der Waals surface area contributed by atoms with E-state index in [2.05, 4.69) is 20.6 Å². The van der Waals surface area contributed by atoms with Crippen LogP contribution in [0, 0.1) is 0 Å². The molecule has 2 N–H and O–H groups in total. The van der Waals surface area contributed by atoms with Crippen LogP contribution in [0.15, 0.2) is 69.1 Å². The fourth-order valence-electron chi connectivity index (χ4n) is 5.30. The van der Waals surface area contributed by atoms with Gasteiger partial charge in [-0.3, -0.25) is 20.2 Å². The fourth-order valence-corrected chi connectivity index (χ4v) is 9.73. The monoisotopic (exact) mass is 700 g/mol. The van der Waals surface area contributed by atoms with E-state index in [0.717, 1.165) is 38.5 Å². The summed E-state index contributed by atoms with van der Waals surface area (Å²) in [5.74, 6) is -0.854. The maximum absolute atomic E-state index is 12.9. The Morgan fingerprint density at radius 3 is 1.26 bits per heavy atom. The summed E-state index contributed by atoms with van der Waals surface area (Å²) in [4.78, 5) is 34.9. The highest BCUT2D eigenvalue weighted by atomic mass is 32.2. The number of hydrogen-bond donors (Lipinski definition) is 2. The Balaban J connectivity index is 1.05. The van der Waals surface area contributed by atoms with Crippen molar-refractivity contribution < 1.29 is 26.4 Å². The molecule has 2 aromatic carbocycles. The van der Waals surface area contributed by atoms with E-state index in [-0.39, 0.29) is 9.79 Å². The third-order valence-electron chi connectivity index (χ3n) is 7.85. The minimum absolute atomic E-state index is 0.159. The van der Waals surface area contributed by atoms with E-state index in [1.165, 1.54) is 79.8 Å². The van der Waals surface area contributed by atoms with E-state index in [1.54, 1.807) is 10.8 Å². The number of piperidine rings is 2. The Morgan fingerprint density at radius 2 is 0.913 bits per heavy atom. The lowest BCUT2D eigenvalue weighted by Gasteiger charge is -2.25. The van der Waals surface area contributed by atoms with Crippen LogP contribution in [0.5, 0.6) is 0 Å². The van der Waals surface area contributed by atoms with Crippen LogP contribution in [-0.4, -0.2) is 73.4 Å². The van der Waals surface area contributed by atoms with Crippen LogP contribution in [0.1, 0.15) is 59.2 Å². The van der Waals surface area contributed by atoms with Crippen molar-refractivity contribution >= 4 is 64.8 Å². The van der Waals surface area contributed by atoms with Crippen molar-refractivity contribution in [1.29, 1.82) is 0 Å². The predicted octanol–water partition coefficient (Wildman–Crippen LogP) is 5.12. The van der Waals surface area contributed by atoms with Gasteiger partial charge in [0.2, 0.25) is 20.0 Å². The maximum Gasteiger partial charge on any atom is 0.257 e. The van der Waals surface area contributed by atoms with Gasteiger partial charge in [0, 0.05) is 48.1 Å². The largest absolute Gasteiger partial charge is 0.298 e. The molecule has 0 aliphatic carbocycles. The lowest BCUT2D eigenvalue weighted by atomic mass is 10.2. The summed E-state index contributed by atoms with van der Waals surface area (Å²) in [5.41, 5.74) is 1.61. The minimum atomic E-state index is -3.59. The number of rotatable bonds is 9. The molecule has 0 atom stereocenters. The Hall–Kier alpha value is -3.54. The molecule has 12 nitrogen and oxygen atoms in total. The highest BCUT2D eigenvalue weighted by molar-refractivity contribution is 7.89. The Kier molecular flexibility index (Phi) is 9.63. The molecule has 0 radical (unpaired) electrons. The number of nitrogens with zero attached hydrogens (tertiary/aromatic N) is 4. The summed E-state index contributed by atoms with van der Waals surface area (Å²) in [6, 6.07) is 11.7. The van der Waals surface area contributed by atoms with Crippen LogP contribution in [0.2, 0.25) is 0 Å². The summed E-state index contributed by atoms with van der Waals surface area (Å²) < 4.78 is 54.5. The van der Waals surface area contributed by atoms with Gasteiger partial charge in [-0.25, -0.2) is 26.8 Å². The fraction of sp³-hybridized carbons (Fsp3) is 0.333. The van der Waals surface area contributed by atoms with Gasteiger partial charge in [-0.05, 0) is 74.2 Å². The highest BCUT2D eigenvalue weighted by Gasteiger charge is 2.27. The van der Waals surface area contributed by atoms with Gasteiger partial charge in [0.15, 0.2) is 10.3 Å². The molecule has 2 amide bonds. The van der Waals surface area contributed by atoms with Crippen molar-refractivity contribution in [3.63, 3.8) is 0 Å². The molecule has 6 rings (SSSR count). The van der Waals surface area contributed by atoms with Crippen LogP contribution in [0.4, 0.5) is 10.3 Å². The molecule has 2 aliphatic rings. The second-order valence-electron chi connectivity index (χ2n) is 11.0. The quantitative estimate of drug-likeness (QED) is 0.244. The lowest BCUT2D eigenvalue weighted by molar-refractivity contribution is 0.101. The number of carbonyl (C=O) groups excluding carboxylic acids is 2. The second-order valence-corrected chi connectivity index (χ2v) is 16.6. The van der Waals surface area contributed by atoms with Crippen LogP contribution < -0.4 is 10.6 Å². The van der Waals surface area contributed by atoms with E-state index in [9.17, 15) is 26.4 Å². The molecule has 2 fully saturated rings. The number of amides is 2. The molecule has 4 aromatic rings. The van der Waals surface area contributed by atoms with Gasteiger partial charge in [0.05, 0.1) is 9.79 Å². The molecule has 2 aliphatic heterocycles. The molecule has 0 unspecified atom stereocenters. The van der Waals surface area contributed by atoms with E-state index in [4.69, 9.17) is 0 Å². The highest BCUT2D eigenvalue weighted by Crippen LogP contribution is 2.29. The molecule has 16 heteroatoms. The van der Waals surface area contributed by atoms with E-state index in [0.29, 0.717) is 59.0 Å². The van der Waals surface area contributed by atoms with Crippen molar-refractivity contribution in [2.75, 3.05) is 36.8 Å². The number of nitrogens with one attached hydrogen (secondary N) is 2. The van der Waals surface area contributed by atoms with Gasteiger partial charge in [0.1, 0.15) is 11.4 Å². The zero-order valence-corrected chi connectivity index (χ0v) is 28.0. The van der Waals surface area contributed by atoms with Crippen molar-refractivity contribution in [2.24, 2.45) is 0 Å². The van der Waals surface area contributed by atoms with Crippen LogP contribution in [-0.2, 0) is 20.0 Å². The Bertz CT molecular complexity index is 1790. The summed E-state index contributed by atoms with van der Waals surface area (Å²) in [7, 11) is -7.18. The zero-order valence-electron chi connectivity index (χ0n) is 24.7. The maximum atomic E-state index is 12.9. The van der Waals surface area contributed by atoms with Crippen LogP contribution in [0.25, 0.3) is 11.4 Å². The van der Waals surface area contributed by atoms with Gasteiger partial charge in [-0.1, -0.05) is 12.8 Å². The number of anilines is 2. The number of aromatic nitrogens is 2. The number of thiazole rings is 2. The minimum Gasteiger partial charge on any atom is -0.298 e. The first kappa shape index (κ1) is 32.4. The number of sulfonamides is 2. The third kappa shape index (κ3) is 7.06. The normalized spacial score (nSPS) is 16.6. The SMILES string of the molecule is O=C(Nc1nc(-c2csc(NC(=O)c3ccc(S(=O)(=O)N4CCCCC4)cc3)n2)cs1)c1ccc(S(=O)(=O)N2CCCCC2)cc1. The van der Waals surface area contributed by atoms with E-state index in [1.807, 2.05) is 0 Å².